The summed E-state index contributed by atoms with van der Waals surface area (Å²) in [5.41, 5.74) is 0. The number of aryl methyl sites for hydroxylation is 2. The van der Waals surface area contributed by atoms with E-state index in [0.29, 0.717) is 12.1 Å². The van der Waals surface area contributed by atoms with Crippen LogP contribution in [0.15, 0.2) is 0 Å². The van der Waals surface area contributed by atoms with Crippen molar-refractivity contribution in [3.63, 3.8) is 0 Å². The molecule has 1 N–H and O–H groups in total. The van der Waals surface area contributed by atoms with Crippen molar-refractivity contribution in [2.45, 2.75) is 78.3 Å². The molecule has 0 bridgehead atoms. The van der Waals surface area contributed by atoms with E-state index in [1.807, 2.05) is 0 Å². The van der Waals surface area contributed by atoms with Crippen LogP contribution in [0.5, 0.6) is 0 Å². The van der Waals surface area contributed by atoms with E-state index in [1.54, 1.807) is 0 Å². The van der Waals surface area contributed by atoms with Gasteiger partial charge in [-0.2, -0.15) is 5.10 Å². The molecule has 2 rings (SSSR count). The Labute approximate surface area is 123 Å². The molecule has 1 aliphatic rings. The lowest BCUT2D eigenvalue weighted by Gasteiger charge is -2.36. The Kier molecular flexibility index (Phi) is 5.58. The SMILES string of the molecule is CCCNC1CCC(C)CC1n1nc(CC)nc1CC. The van der Waals surface area contributed by atoms with Crippen LogP contribution in [0, 0.1) is 5.92 Å². The number of rotatable bonds is 6. The molecule has 4 nitrogen and oxygen atoms in total. The zero-order chi connectivity index (χ0) is 14.5. The van der Waals surface area contributed by atoms with Gasteiger partial charge in [-0.1, -0.05) is 27.7 Å². The second kappa shape index (κ2) is 7.21. The smallest absolute Gasteiger partial charge is 0.150 e. The van der Waals surface area contributed by atoms with Crippen LogP contribution in [-0.4, -0.2) is 27.4 Å². The predicted octanol–water partition coefficient (Wildman–Crippen LogP) is 3.13. The van der Waals surface area contributed by atoms with E-state index < -0.39 is 0 Å². The van der Waals surface area contributed by atoms with Crippen LogP contribution >= 0.6 is 0 Å². The largest absolute Gasteiger partial charge is 0.312 e. The summed E-state index contributed by atoms with van der Waals surface area (Å²) in [6.07, 6.45) is 6.90. The zero-order valence-corrected chi connectivity index (χ0v) is 13.5. The zero-order valence-electron chi connectivity index (χ0n) is 13.5. The van der Waals surface area contributed by atoms with E-state index in [9.17, 15) is 0 Å². The molecule has 1 heterocycles. The van der Waals surface area contributed by atoms with E-state index in [4.69, 9.17) is 5.10 Å². The first-order valence-corrected chi connectivity index (χ1v) is 8.37. The third kappa shape index (κ3) is 3.40. The maximum Gasteiger partial charge on any atom is 0.150 e. The maximum absolute atomic E-state index is 4.78. The van der Waals surface area contributed by atoms with Gasteiger partial charge in [-0.3, -0.25) is 0 Å². The van der Waals surface area contributed by atoms with E-state index >= 15 is 0 Å². The molecule has 0 aliphatic heterocycles. The molecule has 0 aromatic carbocycles. The molecular weight excluding hydrogens is 248 g/mol. The molecule has 0 radical (unpaired) electrons. The summed E-state index contributed by atoms with van der Waals surface area (Å²) in [6, 6.07) is 1.04. The molecule has 1 aliphatic carbocycles. The van der Waals surface area contributed by atoms with E-state index in [2.05, 4.69) is 42.7 Å². The fourth-order valence-electron chi connectivity index (χ4n) is 3.25. The Balaban J connectivity index is 2.22. The third-order valence-corrected chi connectivity index (χ3v) is 4.43. The monoisotopic (exact) mass is 278 g/mol. The van der Waals surface area contributed by atoms with Crippen molar-refractivity contribution < 1.29 is 0 Å². The quantitative estimate of drug-likeness (QED) is 0.869. The van der Waals surface area contributed by atoms with Crippen LogP contribution in [0.4, 0.5) is 0 Å². The molecule has 0 amide bonds. The van der Waals surface area contributed by atoms with Crippen molar-refractivity contribution in [3.8, 4) is 0 Å². The highest BCUT2D eigenvalue weighted by Gasteiger charge is 2.31. The Morgan fingerprint density at radius 2 is 2.00 bits per heavy atom. The number of hydrogen-bond acceptors (Lipinski definition) is 3. The number of nitrogens with zero attached hydrogens (tertiary/aromatic N) is 3. The summed E-state index contributed by atoms with van der Waals surface area (Å²) in [4.78, 5) is 4.69. The highest BCUT2D eigenvalue weighted by atomic mass is 15.4. The summed E-state index contributed by atoms with van der Waals surface area (Å²) < 4.78 is 2.24. The van der Waals surface area contributed by atoms with E-state index in [0.717, 1.165) is 37.0 Å². The molecule has 3 unspecified atom stereocenters. The summed E-state index contributed by atoms with van der Waals surface area (Å²) >= 11 is 0. The number of aromatic nitrogens is 3. The topological polar surface area (TPSA) is 42.7 Å². The van der Waals surface area contributed by atoms with Gasteiger partial charge in [0.15, 0.2) is 5.82 Å². The minimum Gasteiger partial charge on any atom is -0.312 e. The number of hydrogen-bond donors (Lipinski definition) is 1. The van der Waals surface area contributed by atoms with Crippen LogP contribution in [0.25, 0.3) is 0 Å². The predicted molar refractivity (Wildman–Crippen MR) is 82.9 cm³/mol. The van der Waals surface area contributed by atoms with Crippen molar-refractivity contribution in [2.75, 3.05) is 6.54 Å². The molecule has 1 aromatic heterocycles. The Hall–Kier alpha value is -0.900. The first kappa shape index (κ1) is 15.5. The van der Waals surface area contributed by atoms with Crippen LogP contribution in [0.3, 0.4) is 0 Å². The maximum atomic E-state index is 4.78. The van der Waals surface area contributed by atoms with Gasteiger partial charge < -0.3 is 5.32 Å². The van der Waals surface area contributed by atoms with E-state index in [-0.39, 0.29) is 0 Å². The first-order valence-electron chi connectivity index (χ1n) is 8.37. The van der Waals surface area contributed by atoms with Gasteiger partial charge in [0.25, 0.3) is 0 Å². The molecule has 3 atom stereocenters. The van der Waals surface area contributed by atoms with Crippen LogP contribution in [0.1, 0.15) is 71.1 Å². The average Bonchev–Trinajstić information content (AvgIpc) is 2.89. The molecule has 20 heavy (non-hydrogen) atoms. The van der Waals surface area contributed by atoms with Gasteiger partial charge in [0.1, 0.15) is 5.82 Å². The van der Waals surface area contributed by atoms with Gasteiger partial charge in [-0.05, 0) is 38.1 Å². The van der Waals surface area contributed by atoms with Gasteiger partial charge in [-0.15, -0.1) is 0 Å². The molecule has 0 spiro atoms. The van der Waals surface area contributed by atoms with Gasteiger partial charge in [0.2, 0.25) is 0 Å². The van der Waals surface area contributed by atoms with Crippen molar-refractivity contribution in [1.29, 1.82) is 0 Å². The van der Waals surface area contributed by atoms with Gasteiger partial charge >= 0.3 is 0 Å². The van der Waals surface area contributed by atoms with Crippen LogP contribution < -0.4 is 5.32 Å². The van der Waals surface area contributed by atoms with Crippen molar-refractivity contribution in [3.05, 3.63) is 11.6 Å². The lowest BCUT2D eigenvalue weighted by Crippen LogP contribution is -2.42. The molecule has 1 fully saturated rings. The highest BCUT2D eigenvalue weighted by molar-refractivity contribution is 4.98. The Bertz CT molecular complexity index is 411. The Morgan fingerprint density at radius 1 is 1.20 bits per heavy atom. The van der Waals surface area contributed by atoms with Crippen molar-refractivity contribution in [1.82, 2.24) is 20.1 Å². The lowest BCUT2D eigenvalue weighted by molar-refractivity contribution is 0.199. The average molecular weight is 278 g/mol. The fraction of sp³-hybridized carbons (Fsp3) is 0.875. The van der Waals surface area contributed by atoms with Gasteiger partial charge in [0.05, 0.1) is 6.04 Å². The highest BCUT2D eigenvalue weighted by Crippen LogP contribution is 2.33. The second-order valence-electron chi connectivity index (χ2n) is 6.14. The molecule has 114 valence electrons. The van der Waals surface area contributed by atoms with Crippen molar-refractivity contribution >= 4 is 0 Å². The van der Waals surface area contributed by atoms with Crippen LogP contribution in [-0.2, 0) is 12.8 Å². The van der Waals surface area contributed by atoms with Gasteiger partial charge in [0, 0.05) is 18.9 Å². The summed E-state index contributed by atoms with van der Waals surface area (Å²) in [7, 11) is 0. The fourth-order valence-corrected chi connectivity index (χ4v) is 3.25. The van der Waals surface area contributed by atoms with Crippen LogP contribution in [0.2, 0.25) is 0 Å². The Morgan fingerprint density at radius 3 is 2.65 bits per heavy atom. The van der Waals surface area contributed by atoms with Gasteiger partial charge in [-0.25, -0.2) is 9.67 Å². The third-order valence-electron chi connectivity index (χ3n) is 4.43. The second-order valence-corrected chi connectivity index (χ2v) is 6.14. The first-order chi connectivity index (χ1) is 9.69. The molecular formula is C16H30N4. The van der Waals surface area contributed by atoms with E-state index in [1.165, 1.54) is 25.7 Å². The number of nitrogens with one attached hydrogen (secondary N) is 1. The molecule has 4 heteroatoms. The summed E-state index contributed by atoms with van der Waals surface area (Å²) in [5, 5.41) is 8.51. The summed E-state index contributed by atoms with van der Waals surface area (Å²) in [6.45, 7) is 10.0. The molecule has 0 saturated heterocycles. The minimum absolute atomic E-state index is 0.480. The normalized spacial score (nSPS) is 26.9. The minimum atomic E-state index is 0.480. The molecule has 1 aromatic rings. The lowest BCUT2D eigenvalue weighted by atomic mass is 9.83. The molecule has 1 saturated carbocycles. The summed E-state index contributed by atoms with van der Waals surface area (Å²) in [5.74, 6) is 2.94. The van der Waals surface area contributed by atoms with Crippen molar-refractivity contribution in [2.24, 2.45) is 5.92 Å². The standard InChI is InChI=1S/C16H30N4/c1-5-10-17-13-9-8-12(4)11-14(13)20-16(7-3)18-15(6-2)19-20/h12-14,17H,5-11H2,1-4H3.